The number of halogens is 4. The second-order valence-electron chi connectivity index (χ2n) is 9.66. The molecule has 0 aliphatic carbocycles. The van der Waals surface area contributed by atoms with E-state index in [1.54, 1.807) is 12.0 Å². The molecule has 3 aromatic rings. The molecule has 1 saturated heterocycles. The number of anilines is 1. The third-order valence-corrected chi connectivity index (χ3v) is 7.13. The van der Waals surface area contributed by atoms with Crippen molar-refractivity contribution in [1.29, 1.82) is 0 Å². The van der Waals surface area contributed by atoms with Crippen molar-refractivity contribution in [2.75, 3.05) is 44.8 Å². The Balaban J connectivity index is 0.000000493. The van der Waals surface area contributed by atoms with E-state index in [0.29, 0.717) is 35.4 Å². The smallest absolute Gasteiger partial charge is 0.490 e. The first-order chi connectivity index (χ1) is 19.6. The van der Waals surface area contributed by atoms with Gasteiger partial charge in [0, 0.05) is 48.2 Å². The summed E-state index contributed by atoms with van der Waals surface area (Å²) in [6.07, 6.45) is 0.549. The van der Waals surface area contributed by atoms with Crippen LogP contribution in [0.2, 0.25) is 5.02 Å². The molecule has 220 valence electrons. The number of carboxylic acid groups (broad SMARTS) is 1. The molecule has 5 rings (SSSR count). The summed E-state index contributed by atoms with van der Waals surface area (Å²) >= 11 is 6.02. The number of alkyl halides is 3. The fourth-order valence-electron chi connectivity index (χ4n) is 4.79. The molecule has 1 N–H and O–H groups in total. The maximum atomic E-state index is 13.3. The Bertz CT molecular complexity index is 1350. The number of hydrogen-bond acceptors (Lipinski definition) is 5. The van der Waals surface area contributed by atoms with E-state index in [1.807, 2.05) is 59.3 Å². The normalized spacial score (nSPS) is 15.2. The number of aromatic nitrogens is 1. The number of carboxylic acids is 1. The van der Waals surface area contributed by atoms with E-state index >= 15 is 0 Å². The highest BCUT2D eigenvalue weighted by molar-refractivity contribution is 6.30. The van der Waals surface area contributed by atoms with Crippen LogP contribution in [0.5, 0.6) is 11.5 Å². The maximum absolute atomic E-state index is 13.3. The number of rotatable bonds is 8. The Kier molecular flexibility index (Phi) is 9.82. The highest BCUT2D eigenvalue weighted by atomic mass is 35.5. The Morgan fingerprint density at radius 2 is 1.66 bits per heavy atom. The molecule has 3 heterocycles. The molecular formula is C29H31ClF3N3O5. The summed E-state index contributed by atoms with van der Waals surface area (Å²) in [5.74, 6) is -1.42. The minimum Gasteiger partial charge on any atom is -0.493 e. The van der Waals surface area contributed by atoms with E-state index in [0.717, 1.165) is 36.3 Å². The number of ether oxygens (including phenoxy) is 2. The van der Waals surface area contributed by atoms with Crippen molar-refractivity contribution >= 4 is 29.2 Å². The summed E-state index contributed by atoms with van der Waals surface area (Å²) in [7, 11) is 1.64. The minimum absolute atomic E-state index is 0.0206. The fourth-order valence-corrected chi connectivity index (χ4v) is 4.91. The zero-order chi connectivity index (χ0) is 29.6. The lowest BCUT2D eigenvalue weighted by atomic mass is 10.1. The molecule has 2 aromatic carbocycles. The van der Waals surface area contributed by atoms with Crippen LogP contribution in [-0.4, -0.2) is 72.5 Å². The third kappa shape index (κ3) is 7.74. The number of benzene rings is 2. The van der Waals surface area contributed by atoms with Gasteiger partial charge in [-0.05, 0) is 68.2 Å². The van der Waals surface area contributed by atoms with Gasteiger partial charge in [0.1, 0.15) is 5.69 Å². The number of likely N-dealkylation sites (tertiary alicyclic amines) is 1. The molecule has 0 atom stereocenters. The first-order valence-electron chi connectivity index (χ1n) is 13.2. The maximum Gasteiger partial charge on any atom is 0.490 e. The summed E-state index contributed by atoms with van der Waals surface area (Å²) in [6.45, 7) is 5.45. The topological polar surface area (TPSA) is 84.2 Å². The minimum atomic E-state index is -5.08. The lowest BCUT2D eigenvalue weighted by molar-refractivity contribution is -0.192. The highest BCUT2D eigenvalue weighted by Crippen LogP contribution is 2.34. The SMILES string of the molecule is COc1cc(N2CCn3cc(-c4ccc(Cl)cc4)cc3C2=O)ccc1OCCCN1CCCC1.O=C(O)C(F)(F)F. The van der Waals surface area contributed by atoms with Crippen LogP contribution in [0.15, 0.2) is 54.7 Å². The van der Waals surface area contributed by atoms with Gasteiger partial charge in [0.15, 0.2) is 11.5 Å². The average molecular weight is 594 g/mol. The second-order valence-corrected chi connectivity index (χ2v) is 10.1. The van der Waals surface area contributed by atoms with Crippen LogP contribution in [-0.2, 0) is 11.3 Å². The monoisotopic (exact) mass is 593 g/mol. The molecule has 1 aromatic heterocycles. The van der Waals surface area contributed by atoms with Gasteiger partial charge in [-0.25, -0.2) is 4.79 Å². The van der Waals surface area contributed by atoms with Crippen LogP contribution < -0.4 is 14.4 Å². The number of nitrogens with zero attached hydrogens (tertiary/aromatic N) is 3. The van der Waals surface area contributed by atoms with Gasteiger partial charge >= 0.3 is 12.1 Å². The molecule has 0 unspecified atom stereocenters. The predicted molar refractivity (Wildman–Crippen MR) is 149 cm³/mol. The second kappa shape index (κ2) is 13.3. The van der Waals surface area contributed by atoms with Crippen molar-refractivity contribution < 1.29 is 37.3 Å². The number of carbonyl (C=O) groups is 2. The average Bonchev–Trinajstić information content (AvgIpc) is 3.62. The number of aliphatic carboxylic acids is 1. The zero-order valence-corrected chi connectivity index (χ0v) is 23.2. The largest absolute Gasteiger partial charge is 0.493 e. The molecule has 1 amide bonds. The van der Waals surface area contributed by atoms with Gasteiger partial charge in [-0.15, -0.1) is 0 Å². The van der Waals surface area contributed by atoms with Crippen LogP contribution in [0.1, 0.15) is 29.8 Å². The van der Waals surface area contributed by atoms with E-state index in [-0.39, 0.29) is 5.91 Å². The third-order valence-electron chi connectivity index (χ3n) is 6.88. The van der Waals surface area contributed by atoms with Crippen LogP contribution >= 0.6 is 11.6 Å². The molecule has 1 fully saturated rings. The number of hydrogen-bond donors (Lipinski definition) is 1. The zero-order valence-electron chi connectivity index (χ0n) is 22.5. The summed E-state index contributed by atoms with van der Waals surface area (Å²) in [5, 5.41) is 7.82. The molecule has 0 bridgehead atoms. The lowest BCUT2D eigenvalue weighted by Gasteiger charge is -2.29. The predicted octanol–water partition coefficient (Wildman–Crippen LogP) is 5.98. The van der Waals surface area contributed by atoms with Gasteiger partial charge in [0.05, 0.1) is 13.7 Å². The van der Waals surface area contributed by atoms with Crippen molar-refractivity contribution in [3.05, 3.63) is 65.4 Å². The summed E-state index contributed by atoms with van der Waals surface area (Å²) in [6, 6.07) is 15.4. The van der Waals surface area contributed by atoms with Gasteiger partial charge < -0.3 is 28.9 Å². The van der Waals surface area contributed by atoms with Gasteiger partial charge in [-0.2, -0.15) is 13.2 Å². The van der Waals surface area contributed by atoms with E-state index in [1.165, 1.54) is 25.9 Å². The molecule has 2 aliphatic heterocycles. The van der Waals surface area contributed by atoms with E-state index < -0.39 is 12.1 Å². The Hall–Kier alpha value is -3.70. The molecule has 0 radical (unpaired) electrons. The van der Waals surface area contributed by atoms with Crippen LogP contribution in [0.4, 0.5) is 18.9 Å². The van der Waals surface area contributed by atoms with E-state index in [4.69, 9.17) is 31.0 Å². The van der Waals surface area contributed by atoms with Gasteiger partial charge in [-0.1, -0.05) is 23.7 Å². The summed E-state index contributed by atoms with van der Waals surface area (Å²) < 4.78 is 45.4. The first kappa shape index (κ1) is 30.3. The Morgan fingerprint density at radius 1 is 0.976 bits per heavy atom. The molecule has 0 saturated carbocycles. The molecular weight excluding hydrogens is 563 g/mol. The van der Waals surface area contributed by atoms with Crippen LogP contribution in [0, 0.1) is 0 Å². The highest BCUT2D eigenvalue weighted by Gasteiger charge is 2.38. The Labute approximate surface area is 240 Å². The molecule has 2 aliphatic rings. The van der Waals surface area contributed by atoms with Crippen LogP contribution in [0.3, 0.4) is 0 Å². The van der Waals surface area contributed by atoms with E-state index in [2.05, 4.69) is 4.90 Å². The van der Waals surface area contributed by atoms with Crippen molar-refractivity contribution in [2.24, 2.45) is 0 Å². The van der Waals surface area contributed by atoms with Gasteiger partial charge in [0.2, 0.25) is 0 Å². The van der Waals surface area contributed by atoms with Crippen LogP contribution in [0.25, 0.3) is 11.1 Å². The van der Waals surface area contributed by atoms with Crippen molar-refractivity contribution in [3.8, 4) is 22.6 Å². The Morgan fingerprint density at radius 3 is 2.29 bits per heavy atom. The molecule has 41 heavy (non-hydrogen) atoms. The number of carbonyl (C=O) groups excluding carboxylic acids is 1. The van der Waals surface area contributed by atoms with Crippen molar-refractivity contribution in [1.82, 2.24) is 9.47 Å². The van der Waals surface area contributed by atoms with E-state index in [9.17, 15) is 18.0 Å². The molecule has 0 spiro atoms. The number of fused-ring (bicyclic) bond motifs is 1. The van der Waals surface area contributed by atoms with Crippen molar-refractivity contribution in [2.45, 2.75) is 32.0 Å². The van der Waals surface area contributed by atoms with Gasteiger partial charge in [-0.3, -0.25) is 4.79 Å². The quantitative estimate of drug-likeness (QED) is 0.324. The fraction of sp³-hybridized carbons (Fsp3) is 0.379. The lowest BCUT2D eigenvalue weighted by Crippen LogP contribution is -2.39. The summed E-state index contributed by atoms with van der Waals surface area (Å²) in [5.41, 5.74) is 3.54. The standard InChI is InChI=1S/C27H30ClN3O3.C2HF3O2/c1-33-26-18-23(9-10-25(26)34-16-4-13-29-11-2-3-12-29)31-15-14-30-19-21(17-24(30)27(31)32)20-5-7-22(28)8-6-20;3-2(4,5)1(6)7/h5-10,17-19H,2-4,11-16H2,1H3;(H,6,7). The van der Waals surface area contributed by atoms with Gasteiger partial charge in [0.25, 0.3) is 5.91 Å². The van der Waals surface area contributed by atoms with Crippen molar-refractivity contribution in [3.63, 3.8) is 0 Å². The number of methoxy groups -OCH3 is 1. The first-order valence-corrected chi connectivity index (χ1v) is 13.6. The number of amides is 1. The molecule has 8 nitrogen and oxygen atoms in total. The summed E-state index contributed by atoms with van der Waals surface area (Å²) in [4.78, 5) is 26.5. The molecule has 12 heteroatoms.